The lowest BCUT2D eigenvalue weighted by Gasteiger charge is -2.53. The number of methoxy groups -OCH3 is 1. The van der Waals surface area contributed by atoms with Crippen LogP contribution in [0.2, 0.25) is 0 Å². The average molecular weight is 388 g/mol. The van der Waals surface area contributed by atoms with E-state index >= 15 is 0 Å². The van der Waals surface area contributed by atoms with Gasteiger partial charge in [0.25, 0.3) is 0 Å². The molecule has 26 heavy (non-hydrogen) atoms. The van der Waals surface area contributed by atoms with Crippen LogP contribution in [-0.4, -0.2) is 75.1 Å². The molecule has 2 rings (SSSR count). The second kappa shape index (κ2) is 7.79. The Hall–Kier alpha value is -1.24. The number of hydrogen-bond donors (Lipinski definition) is 7. The summed E-state index contributed by atoms with van der Waals surface area (Å²) in [6, 6.07) is 8.35. The third-order valence-corrected chi connectivity index (χ3v) is 5.14. The first-order valence-corrected chi connectivity index (χ1v) is 8.32. The van der Waals surface area contributed by atoms with Gasteiger partial charge in [-0.15, -0.1) is 12.6 Å². The van der Waals surface area contributed by atoms with Crippen molar-refractivity contribution in [3.63, 3.8) is 0 Å². The van der Waals surface area contributed by atoms with Gasteiger partial charge in [-0.2, -0.15) is 0 Å². The van der Waals surface area contributed by atoms with Gasteiger partial charge in [0.05, 0.1) is 25.7 Å². The highest BCUT2D eigenvalue weighted by molar-refractivity contribution is 7.82. The van der Waals surface area contributed by atoms with Crippen LogP contribution in [0.15, 0.2) is 30.3 Å². The first-order chi connectivity index (χ1) is 12.1. The van der Waals surface area contributed by atoms with Crippen molar-refractivity contribution in [3.05, 3.63) is 35.9 Å². The normalized spacial score (nSPS) is 33.3. The predicted octanol–water partition coefficient (Wildman–Crippen LogP) is -2.34. The molecule has 1 saturated heterocycles. The minimum Gasteiger partial charge on any atom is -0.466 e. The summed E-state index contributed by atoms with van der Waals surface area (Å²) >= 11 is 4.30. The lowest BCUT2D eigenvalue weighted by atomic mass is 9.75. The van der Waals surface area contributed by atoms with Gasteiger partial charge in [0.1, 0.15) is 24.0 Å². The monoisotopic (exact) mass is 388 g/mol. The maximum absolute atomic E-state index is 12.4. The van der Waals surface area contributed by atoms with Crippen molar-refractivity contribution >= 4 is 18.6 Å². The van der Waals surface area contributed by atoms with Gasteiger partial charge in [0, 0.05) is 0 Å². The number of carbonyl (C=O) groups is 1. The van der Waals surface area contributed by atoms with Crippen LogP contribution in [0.25, 0.3) is 0 Å². The smallest absolute Gasteiger partial charge is 0.349 e. The van der Waals surface area contributed by atoms with E-state index in [0.29, 0.717) is 5.56 Å². The van der Waals surface area contributed by atoms with Crippen molar-refractivity contribution in [2.75, 3.05) is 13.7 Å². The quantitative estimate of drug-likeness (QED) is 0.166. The lowest BCUT2D eigenvalue weighted by molar-refractivity contribution is -0.229. The van der Waals surface area contributed by atoms with E-state index in [2.05, 4.69) is 12.6 Å². The number of rotatable bonds is 5. The summed E-state index contributed by atoms with van der Waals surface area (Å²) in [5.74, 6) is -2.08. The fourth-order valence-electron chi connectivity index (χ4n) is 3.11. The van der Waals surface area contributed by atoms with Crippen LogP contribution in [0.3, 0.4) is 0 Å². The Balaban J connectivity index is 2.56. The zero-order valence-corrected chi connectivity index (χ0v) is 15.0. The highest BCUT2D eigenvalue weighted by atomic mass is 32.1. The fraction of sp³-hybridized carbons (Fsp3) is 0.562. The van der Waals surface area contributed by atoms with Crippen LogP contribution in [-0.2, 0) is 14.3 Å². The van der Waals surface area contributed by atoms with Gasteiger partial charge in [-0.3, -0.25) is 0 Å². The number of esters is 1. The van der Waals surface area contributed by atoms with E-state index < -0.39 is 53.5 Å². The number of nitrogens with two attached hydrogens (primary N) is 2. The number of carbonyl (C=O) groups excluding carboxylic acids is 1. The van der Waals surface area contributed by atoms with Gasteiger partial charge >= 0.3 is 5.97 Å². The van der Waals surface area contributed by atoms with Crippen LogP contribution in [0.1, 0.15) is 11.5 Å². The Morgan fingerprint density at radius 1 is 1.35 bits per heavy atom. The second-order valence-corrected chi connectivity index (χ2v) is 6.96. The molecule has 2 unspecified atom stereocenters. The van der Waals surface area contributed by atoms with E-state index in [1.54, 1.807) is 30.3 Å². The van der Waals surface area contributed by atoms with Crippen molar-refractivity contribution < 1.29 is 34.7 Å². The number of ether oxygens (including phenoxy) is 2. The van der Waals surface area contributed by atoms with Crippen LogP contribution in [0, 0.1) is 0 Å². The average Bonchev–Trinajstić information content (AvgIpc) is 2.64. The molecule has 9 nitrogen and oxygen atoms in total. The van der Waals surface area contributed by atoms with E-state index in [1.165, 1.54) is 0 Å². The van der Waals surface area contributed by atoms with E-state index in [1.807, 2.05) is 0 Å². The van der Waals surface area contributed by atoms with Gasteiger partial charge in [-0.25, -0.2) is 4.79 Å². The number of benzene rings is 1. The predicted molar refractivity (Wildman–Crippen MR) is 94.0 cm³/mol. The molecule has 146 valence electrons. The summed E-state index contributed by atoms with van der Waals surface area (Å²) in [6.45, 7) is -0.812. The summed E-state index contributed by atoms with van der Waals surface area (Å²) in [5.41, 5.74) is 10.4. The van der Waals surface area contributed by atoms with Gasteiger partial charge in [-0.1, -0.05) is 30.3 Å². The Bertz CT molecular complexity index is 632. The Morgan fingerprint density at radius 3 is 2.42 bits per heavy atom. The number of thiol groups is 1. The molecule has 0 aromatic heterocycles. The first kappa shape index (κ1) is 21.1. The molecule has 1 aromatic carbocycles. The van der Waals surface area contributed by atoms with Gasteiger partial charge in [-0.05, 0) is 5.56 Å². The molecule has 10 heteroatoms. The van der Waals surface area contributed by atoms with Gasteiger partial charge < -0.3 is 41.4 Å². The molecule has 0 spiro atoms. The second-order valence-electron chi connectivity index (χ2n) is 6.30. The van der Waals surface area contributed by atoms with Crippen LogP contribution >= 0.6 is 12.6 Å². The molecule has 6 atom stereocenters. The number of aliphatic hydroxyl groups is 4. The van der Waals surface area contributed by atoms with Crippen molar-refractivity contribution in [1.29, 1.82) is 0 Å². The summed E-state index contributed by atoms with van der Waals surface area (Å²) < 4.78 is 10.4. The highest BCUT2D eigenvalue weighted by Gasteiger charge is 2.63. The molecule has 1 aliphatic rings. The highest BCUT2D eigenvalue weighted by Crippen LogP contribution is 2.47. The molecule has 0 bridgehead atoms. The Kier molecular flexibility index (Phi) is 6.31. The SMILES string of the molecule is COC(=O)C1(S)O[C@@H]([C@H](O)[C@H](O)CO)C(N)(N)[C@@H](O)C1c1ccccc1. The minimum absolute atomic E-state index is 0.455. The molecular weight excluding hydrogens is 364 g/mol. The Labute approximate surface area is 155 Å². The van der Waals surface area contributed by atoms with Gasteiger partial charge in [0.15, 0.2) is 0 Å². The first-order valence-electron chi connectivity index (χ1n) is 7.87. The number of aliphatic hydroxyl groups excluding tert-OH is 4. The van der Waals surface area contributed by atoms with E-state index in [4.69, 9.17) is 26.0 Å². The van der Waals surface area contributed by atoms with Crippen LogP contribution in [0.4, 0.5) is 0 Å². The van der Waals surface area contributed by atoms with E-state index in [9.17, 15) is 20.1 Å². The molecule has 0 aliphatic carbocycles. The van der Waals surface area contributed by atoms with Gasteiger partial charge in [0.2, 0.25) is 4.93 Å². The molecule has 1 aliphatic heterocycles. The summed E-state index contributed by atoms with van der Waals surface area (Å²) in [5, 5.41) is 39.9. The minimum atomic E-state index is -2.07. The van der Waals surface area contributed by atoms with Crippen LogP contribution in [0.5, 0.6) is 0 Å². The molecule has 0 saturated carbocycles. The van der Waals surface area contributed by atoms with E-state index in [0.717, 1.165) is 7.11 Å². The Morgan fingerprint density at radius 2 is 1.92 bits per heavy atom. The molecule has 0 radical (unpaired) electrons. The lowest BCUT2D eigenvalue weighted by Crippen LogP contribution is -2.78. The van der Waals surface area contributed by atoms with Crippen molar-refractivity contribution in [3.8, 4) is 0 Å². The fourth-order valence-corrected chi connectivity index (χ4v) is 3.60. The van der Waals surface area contributed by atoms with E-state index in [-0.39, 0.29) is 0 Å². The topological polar surface area (TPSA) is 168 Å². The maximum Gasteiger partial charge on any atom is 0.349 e. The zero-order chi connectivity index (χ0) is 19.7. The zero-order valence-electron chi connectivity index (χ0n) is 14.1. The molecular formula is C16H24N2O7S. The van der Waals surface area contributed by atoms with Crippen molar-refractivity contribution in [2.24, 2.45) is 11.5 Å². The summed E-state index contributed by atoms with van der Waals surface area (Å²) in [7, 11) is 1.11. The number of hydrogen-bond acceptors (Lipinski definition) is 10. The molecule has 1 heterocycles. The van der Waals surface area contributed by atoms with Crippen molar-refractivity contribution in [1.82, 2.24) is 0 Å². The molecule has 8 N–H and O–H groups in total. The third kappa shape index (κ3) is 3.47. The maximum atomic E-state index is 12.4. The van der Waals surface area contributed by atoms with Crippen LogP contribution < -0.4 is 11.5 Å². The molecule has 0 amide bonds. The third-order valence-electron chi connectivity index (χ3n) is 4.58. The standard InChI is InChI=1S/C16H24N2O7S/c1-24-14(23)16(26)10(8-5-3-2-4-6-8)12(22)15(17,18)13(25-16)11(21)9(20)7-19/h2-6,9-13,19-22,26H,7,17-18H2,1H3/t9-,10?,11-,12+,13+,16?/m1/s1. The summed E-state index contributed by atoms with van der Waals surface area (Å²) in [4.78, 5) is 10.4. The summed E-state index contributed by atoms with van der Waals surface area (Å²) in [6.07, 6.45) is -6.70. The van der Waals surface area contributed by atoms with Crippen molar-refractivity contribution in [2.45, 2.75) is 40.9 Å². The largest absolute Gasteiger partial charge is 0.466 e. The molecule has 1 aromatic rings. The molecule has 1 fully saturated rings.